The van der Waals surface area contributed by atoms with Crippen LogP contribution in [0.2, 0.25) is 0 Å². The van der Waals surface area contributed by atoms with Crippen LogP contribution in [0.15, 0.2) is 46.7 Å². The number of benzene rings is 1. The van der Waals surface area contributed by atoms with Gasteiger partial charge in [0.05, 0.1) is 5.69 Å². The Balaban J connectivity index is 1.67. The predicted molar refractivity (Wildman–Crippen MR) is 113 cm³/mol. The van der Waals surface area contributed by atoms with E-state index < -0.39 is 0 Å². The van der Waals surface area contributed by atoms with Gasteiger partial charge >= 0.3 is 0 Å². The van der Waals surface area contributed by atoms with Crippen LogP contribution in [-0.2, 0) is 0 Å². The summed E-state index contributed by atoms with van der Waals surface area (Å²) in [4.78, 5) is 31.0. The van der Waals surface area contributed by atoms with Crippen LogP contribution in [0.25, 0.3) is 16.2 Å². The van der Waals surface area contributed by atoms with Crippen LogP contribution >= 0.6 is 11.3 Å². The number of nitrogens with one attached hydrogen (secondary N) is 1. The van der Waals surface area contributed by atoms with E-state index in [1.807, 2.05) is 35.7 Å². The fourth-order valence-corrected chi connectivity index (χ4v) is 5.44. The Labute approximate surface area is 168 Å². The van der Waals surface area contributed by atoms with Crippen molar-refractivity contribution >= 4 is 22.2 Å². The van der Waals surface area contributed by atoms with Crippen molar-refractivity contribution in [1.82, 2.24) is 14.7 Å². The highest BCUT2D eigenvalue weighted by atomic mass is 32.1. The molecule has 28 heavy (non-hydrogen) atoms. The minimum absolute atomic E-state index is 0.0856. The second-order valence-electron chi connectivity index (χ2n) is 8.67. The first kappa shape index (κ1) is 18.9. The summed E-state index contributed by atoms with van der Waals surface area (Å²) in [6.07, 6.45) is 4.44. The lowest BCUT2D eigenvalue weighted by atomic mass is 9.70. The molecular weight excluding hydrogens is 370 g/mol. The van der Waals surface area contributed by atoms with E-state index in [-0.39, 0.29) is 28.5 Å². The van der Waals surface area contributed by atoms with Crippen LogP contribution in [0, 0.1) is 11.3 Å². The Hall–Kier alpha value is -2.47. The van der Waals surface area contributed by atoms with Gasteiger partial charge in [-0.15, -0.1) is 11.3 Å². The quantitative estimate of drug-likeness (QED) is 0.716. The molecule has 1 fully saturated rings. The summed E-state index contributed by atoms with van der Waals surface area (Å²) in [7, 11) is 0. The number of carbonyl (C=O) groups is 1. The summed E-state index contributed by atoms with van der Waals surface area (Å²) in [5.41, 5.74) is 1.67. The van der Waals surface area contributed by atoms with Gasteiger partial charge in [0.15, 0.2) is 4.96 Å². The summed E-state index contributed by atoms with van der Waals surface area (Å²) in [5.74, 6) is 0.226. The number of amides is 1. The molecule has 1 amide bonds. The first-order chi connectivity index (χ1) is 13.3. The molecule has 0 spiro atoms. The monoisotopic (exact) mass is 395 g/mol. The van der Waals surface area contributed by atoms with E-state index in [9.17, 15) is 9.59 Å². The van der Waals surface area contributed by atoms with Gasteiger partial charge < -0.3 is 5.32 Å². The van der Waals surface area contributed by atoms with E-state index in [0.29, 0.717) is 10.9 Å². The molecule has 1 aliphatic rings. The molecule has 1 aliphatic carbocycles. The third-order valence-corrected chi connectivity index (χ3v) is 6.32. The molecule has 146 valence electrons. The van der Waals surface area contributed by atoms with Gasteiger partial charge in [-0.2, -0.15) is 0 Å². The highest BCUT2D eigenvalue weighted by molar-refractivity contribution is 7.15. The van der Waals surface area contributed by atoms with Crippen LogP contribution < -0.4 is 10.9 Å². The van der Waals surface area contributed by atoms with Gasteiger partial charge in [0.25, 0.3) is 11.5 Å². The molecular formula is C22H25N3O2S. The lowest BCUT2D eigenvalue weighted by molar-refractivity contribution is 0.0872. The van der Waals surface area contributed by atoms with Crippen molar-refractivity contribution in [2.75, 3.05) is 0 Å². The molecule has 5 nitrogen and oxygen atoms in total. The fraction of sp³-hybridized carbons (Fsp3) is 0.409. The first-order valence-corrected chi connectivity index (χ1v) is 10.6. The predicted octanol–water partition coefficient (Wildman–Crippen LogP) is 4.37. The maximum Gasteiger partial charge on any atom is 0.271 e. The van der Waals surface area contributed by atoms with Gasteiger partial charge in [0.2, 0.25) is 0 Å². The third kappa shape index (κ3) is 3.61. The zero-order chi connectivity index (χ0) is 19.9. The van der Waals surface area contributed by atoms with E-state index >= 15 is 0 Å². The van der Waals surface area contributed by atoms with Crippen molar-refractivity contribution in [2.45, 2.75) is 46.1 Å². The summed E-state index contributed by atoms with van der Waals surface area (Å²) in [6, 6.07) is 9.78. The number of fused-ring (bicyclic) bond motifs is 1. The average Bonchev–Trinajstić information content (AvgIpc) is 3.06. The molecule has 0 saturated heterocycles. The lowest BCUT2D eigenvalue weighted by Crippen LogP contribution is -2.44. The van der Waals surface area contributed by atoms with Gasteiger partial charge in [-0.05, 0) is 36.2 Å². The van der Waals surface area contributed by atoms with Crippen LogP contribution in [0.3, 0.4) is 0 Å². The summed E-state index contributed by atoms with van der Waals surface area (Å²) in [6.45, 7) is 6.70. The second-order valence-corrected chi connectivity index (χ2v) is 9.50. The molecule has 4 rings (SSSR count). The van der Waals surface area contributed by atoms with Crippen molar-refractivity contribution in [3.63, 3.8) is 0 Å². The largest absolute Gasteiger partial charge is 0.349 e. The topological polar surface area (TPSA) is 63.5 Å². The van der Waals surface area contributed by atoms with Gasteiger partial charge in [-0.1, -0.05) is 51.1 Å². The zero-order valence-corrected chi connectivity index (χ0v) is 17.3. The number of rotatable bonds is 3. The zero-order valence-electron chi connectivity index (χ0n) is 16.4. The second kappa shape index (κ2) is 7.17. The van der Waals surface area contributed by atoms with Crippen molar-refractivity contribution in [2.24, 2.45) is 11.3 Å². The molecule has 2 heterocycles. The lowest BCUT2D eigenvalue weighted by Gasteiger charge is -2.39. The molecule has 2 unspecified atom stereocenters. The molecule has 0 radical (unpaired) electrons. The smallest absolute Gasteiger partial charge is 0.271 e. The van der Waals surface area contributed by atoms with Gasteiger partial charge in [-0.3, -0.25) is 14.0 Å². The maximum absolute atomic E-state index is 13.1. The van der Waals surface area contributed by atoms with Crippen molar-refractivity contribution in [1.29, 1.82) is 0 Å². The summed E-state index contributed by atoms with van der Waals surface area (Å²) >= 11 is 1.40. The van der Waals surface area contributed by atoms with Crippen LogP contribution in [0.1, 0.15) is 50.4 Å². The van der Waals surface area contributed by atoms with E-state index in [4.69, 9.17) is 0 Å². The number of hydrogen-bond donors (Lipinski definition) is 1. The highest BCUT2D eigenvalue weighted by Crippen LogP contribution is 2.38. The number of hydrogen-bond acceptors (Lipinski definition) is 4. The van der Waals surface area contributed by atoms with Crippen molar-refractivity contribution in [3.8, 4) is 11.3 Å². The highest BCUT2D eigenvalue weighted by Gasteiger charge is 2.33. The molecule has 2 aromatic heterocycles. The SMILES string of the molecule is CC1CC(NC(=O)c2cnc3scc(-c4ccccc4)n3c2=O)CC(C)(C)C1. The number of aromatic nitrogens is 2. The van der Waals surface area contributed by atoms with Crippen LogP contribution in [0.4, 0.5) is 0 Å². The Morgan fingerprint density at radius 3 is 2.71 bits per heavy atom. The maximum atomic E-state index is 13.1. The van der Waals surface area contributed by atoms with E-state index in [1.165, 1.54) is 17.5 Å². The van der Waals surface area contributed by atoms with Gasteiger partial charge in [0.1, 0.15) is 5.56 Å². The Kier molecular flexibility index (Phi) is 4.83. The Morgan fingerprint density at radius 1 is 1.25 bits per heavy atom. The molecule has 3 aromatic rings. The molecule has 0 aliphatic heterocycles. The third-order valence-electron chi connectivity index (χ3n) is 5.48. The standard InChI is InChI=1S/C22H25N3O2S/c1-14-9-16(11-22(2,3)10-14)24-19(26)17-12-23-21-25(20(17)27)18(13-28-21)15-7-5-4-6-8-15/h4-8,12-14,16H,9-11H2,1-3H3,(H,24,26). The van der Waals surface area contributed by atoms with Crippen LogP contribution in [0.5, 0.6) is 0 Å². The molecule has 1 N–H and O–H groups in total. The van der Waals surface area contributed by atoms with Gasteiger partial charge in [0, 0.05) is 17.6 Å². The first-order valence-electron chi connectivity index (χ1n) is 9.69. The molecule has 0 bridgehead atoms. The van der Waals surface area contributed by atoms with Gasteiger partial charge in [-0.25, -0.2) is 4.98 Å². The van der Waals surface area contributed by atoms with E-state index in [2.05, 4.69) is 31.1 Å². The minimum Gasteiger partial charge on any atom is -0.349 e. The Bertz CT molecular complexity index is 1070. The molecule has 1 aromatic carbocycles. The van der Waals surface area contributed by atoms with Crippen LogP contribution in [-0.4, -0.2) is 21.3 Å². The summed E-state index contributed by atoms with van der Waals surface area (Å²) in [5, 5.41) is 5.00. The normalized spacial score (nSPS) is 21.5. The van der Waals surface area contributed by atoms with Crippen molar-refractivity contribution in [3.05, 3.63) is 57.8 Å². The number of thiazole rings is 1. The minimum atomic E-state index is -0.327. The molecule has 6 heteroatoms. The molecule has 1 saturated carbocycles. The Morgan fingerprint density at radius 2 is 2.00 bits per heavy atom. The number of nitrogens with zero attached hydrogens (tertiary/aromatic N) is 2. The number of carbonyl (C=O) groups excluding carboxylic acids is 1. The summed E-state index contributed by atoms with van der Waals surface area (Å²) < 4.78 is 1.54. The van der Waals surface area contributed by atoms with E-state index in [1.54, 1.807) is 4.40 Å². The average molecular weight is 396 g/mol. The van der Waals surface area contributed by atoms with E-state index in [0.717, 1.165) is 30.5 Å². The van der Waals surface area contributed by atoms with Crippen molar-refractivity contribution < 1.29 is 4.79 Å². The molecule has 2 atom stereocenters. The fourth-order valence-electron chi connectivity index (χ4n) is 4.58.